The van der Waals surface area contributed by atoms with E-state index in [1.165, 1.54) is 12.0 Å². The number of Topliss-reactive ketones (excluding diaryl/α,β-unsaturated/α-hetero) is 1. The third-order valence-corrected chi connectivity index (χ3v) is 5.68. The molecule has 1 aromatic carbocycles. The second kappa shape index (κ2) is 8.69. The number of ketones is 1. The number of amides is 1. The number of aromatic nitrogens is 2. The minimum absolute atomic E-state index is 0.0251. The molecule has 156 valence electrons. The number of carbonyl (C=O) groups is 2. The van der Waals surface area contributed by atoms with Gasteiger partial charge in [0.1, 0.15) is 11.5 Å². The molecule has 3 heterocycles. The lowest BCUT2D eigenvalue weighted by Gasteiger charge is -2.25. The number of pyridine rings is 2. The monoisotopic (exact) mass is 479 g/mol. The molecule has 1 aliphatic rings. The van der Waals surface area contributed by atoms with E-state index >= 15 is 0 Å². The lowest BCUT2D eigenvalue weighted by atomic mass is 9.96. The van der Waals surface area contributed by atoms with E-state index in [9.17, 15) is 14.7 Å². The number of aliphatic hydroxyl groups is 1. The topological polar surface area (TPSA) is 92.6 Å². The number of aliphatic hydroxyl groups excluding tert-OH is 1. The normalized spacial score (nSPS) is 17.7. The highest BCUT2D eigenvalue weighted by atomic mass is 79.9. The van der Waals surface area contributed by atoms with Crippen molar-refractivity contribution in [1.29, 1.82) is 0 Å². The summed E-state index contributed by atoms with van der Waals surface area (Å²) in [7, 11) is 1.53. The first-order valence-electron chi connectivity index (χ1n) is 9.42. The van der Waals surface area contributed by atoms with E-state index in [2.05, 4.69) is 25.9 Å². The van der Waals surface area contributed by atoms with Gasteiger partial charge in [-0.2, -0.15) is 0 Å². The average Bonchev–Trinajstić information content (AvgIpc) is 3.04. The van der Waals surface area contributed by atoms with Crippen LogP contribution in [0.1, 0.15) is 22.7 Å². The highest BCUT2D eigenvalue weighted by molar-refractivity contribution is 9.10. The Kier molecular flexibility index (Phi) is 5.81. The molecule has 1 fully saturated rings. The number of likely N-dealkylation sites (tertiary alicyclic amines) is 1. The number of rotatable bonds is 5. The van der Waals surface area contributed by atoms with Crippen LogP contribution in [-0.2, 0) is 16.1 Å². The summed E-state index contributed by atoms with van der Waals surface area (Å²) in [5.41, 5.74) is 1.87. The maximum Gasteiger partial charge on any atom is 0.295 e. The van der Waals surface area contributed by atoms with Gasteiger partial charge >= 0.3 is 0 Å². The fourth-order valence-electron chi connectivity index (χ4n) is 3.59. The van der Waals surface area contributed by atoms with Gasteiger partial charge in [-0.05, 0) is 63.5 Å². The number of nitrogens with zero attached hydrogens (tertiary/aromatic N) is 3. The lowest BCUT2D eigenvalue weighted by Crippen LogP contribution is -2.29. The SMILES string of the molecule is COc1ccc(/C(O)=C2/C(=O)C(=O)N(Cc3cccnc3)C2c2ccncc2)cc1Br. The Morgan fingerprint density at radius 1 is 1.13 bits per heavy atom. The molecule has 1 N–H and O–H groups in total. The molecule has 7 nitrogen and oxygen atoms in total. The van der Waals surface area contributed by atoms with Crippen molar-refractivity contribution in [2.75, 3.05) is 7.11 Å². The van der Waals surface area contributed by atoms with Crippen molar-refractivity contribution in [3.63, 3.8) is 0 Å². The van der Waals surface area contributed by atoms with E-state index in [-0.39, 0.29) is 17.9 Å². The van der Waals surface area contributed by atoms with Crippen LogP contribution in [0, 0.1) is 0 Å². The van der Waals surface area contributed by atoms with Crippen LogP contribution >= 0.6 is 15.9 Å². The molecule has 0 saturated carbocycles. The summed E-state index contributed by atoms with van der Waals surface area (Å²) >= 11 is 3.39. The lowest BCUT2D eigenvalue weighted by molar-refractivity contribution is -0.140. The molecule has 3 aromatic rings. The number of halogens is 1. The predicted molar refractivity (Wildman–Crippen MR) is 117 cm³/mol. The number of methoxy groups -OCH3 is 1. The molecule has 31 heavy (non-hydrogen) atoms. The van der Waals surface area contributed by atoms with Crippen LogP contribution in [-0.4, -0.2) is 38.8 Å². The van der Waals surface area contributed by atoms with Crippen LogP contribution in [0.3, 0.4) is 0 Å². The van der Waals surface area contributed by atoms with Crippen LogP contribution in [0.4, 0.5) is 0 Å². The van der Waals surface area contributed by atoms with E-state index in [0.717, 1.165) is 5.56 Å². The van der Waals surface area contributed by atoms with Crippen molar-refractivity contribution < 1.29 is 19.4 Å². The number of ether oxygens (including phenoxy) is 1. The molecule has 8 heteroatoms. The van der Waals surface area contributed by atoms with Crippen molar-refractivity contribution in [3.05, 3.63) is 94.0 Å². The second-order valence-corrected chi connectivity index (χ2v) is 7.77. The van der Waals surface area contributed by atoms with Gasteiger partial charge in [0.25, 0.3) is 11.7 Å². The molecule has 0 aliphatic carbocycles. The zero-order valence-electron chi connectivity index (χ0n) is 16.5. The zero-order chi connectivity index (χ0) is 22.0. The molecule has 1 unspecified atom stereocenters. The van der Waals surface area contributed by atoms with Crippen LogP contribution in [0.25, 0.3) is 5.76 Å². The molecular weight excluding hydrogens is 462 g/mol. The molecule has 1 amide bonds. The number of hydrogen-bond acceptors (Lipinski definition) is 6. The van der Waals surface area contributed by atoms with E-state index in [0.29, 0.717) is 21.3 Å². The third-order valence-electron chi connectivity index (χ3n) is 5.06. The second-order valence-electron chi connectivity index (χ2n) is 6.92. The Bertz CT molecular complexity index is 1170. The van der Waals surface area contributed by atoms with Gasteiger partial charge in [0, 0.05) is 36.9 Å². The largest absolute Gasteiger partial charge is 0.507 e. The standard InChI is InChI=1S/C23H18BrN3O4/c1-31-18-5-4-16(11-17(18)24)21(28)19-20(15-6-9-25-10-7-15)27(23(30)22(19)29)13-14-3-2-8-26-12-14/h2-12,20,28H,13H2,1H3/b21-19-. The molecule has 2 aromatic heterocycles. The number of hydrogen-bond donors (Lipinski definition) is 1. The van der Waals surface area contributed by atoms with Gasteiger partial charge in [-0.15, -0.1) is 0 Å². The maximum absolute atomic E-state index is 13.0. The Balaban J connectivity index is 1.85. The van der Waals surface area contributed by atoms with Crippen molar-refractivity contribution in [3.8, 4) is 5.75 Å². The first kappa shape index (κ1) is 20.7. The third kappa shape index (κ3) is 3.94. The summed E-state index contributed by atoms with van der Waals surface area (Å²) in [6.07, 6.45) is 6.45. The van der Waals surface area contributed by atoms with Gasteiger partial charge in [0.2, 0.25) is 0 Å². The highest BCUT2D eigenvalue weighted by Crippen LogP contribution is 2.40. The van der Waals surface area contributed by atoms with Gasteiger partial charge in [0.15, 0.2) is 0 Å². The highest BCUT2D eigenvalue weighted by Gasteiger charge is 2.46. The summed E-state index contributed by atoms with van der Waals surface area (Å²) in [6.45, 7) is 0.175. The van der Waals surface area contributed by atoms with Gasteiger partial charge < -0.3 is 14.7 Å². The zero-order valence-corrected chi connectivity index (χ0v) is 18.1. The quantitative estimate of drug-likeness (QED) is 0.339. The van der Waals surface area contributed by atoms with Crippen molar-refractivity contribution in [2.24, 2.45) is 0 Å². The Hall–Kier alpha value is -3.52. The van der Waals surface area contributed by atoms with Gasteiger partial charge in [-0.3, -0.25) is 19.6 Å². The molecule has 1 saturated heterocycles. The predicted octanol–water partition coefficient (Wildman–Crippen LogP) is 3.87. The van der Waals surface area contributed by atoms with Crippen molar-refractivity contribution in [2.45, 2.75) is 12.6 Å². The Morgan fingerprint density at radius 3 is 2.55 bits per heavy atom. The average molecular weight is 480 g/mol. The molecule has 1 atom stereocenters. The van der Waals surface area contributed by atoms with Crippen LogP contribution in [0.5, 0.6) is 5.75 Å². The smallest absolute Gasteiger partial charge is 0.295 e. The minimum Gasteiger partial charge on any atom is -0.507 e. The summed E-state index contributed by atoms with van der Waals surface area (Å²) in [4.78, 5) is 35.6. The summed E-state index contributed by atoms with van der Waals surface area (Å²) in [5.74, 6) is -1.09. The molecule has 0 bridgehead atoms. The van der Waals surface area contributed by atoms with Crippen molar-refractivity contribution in [1.82, 2.24) is 14.9 Å². The maximum atomic E-state index is 13.0. The first-order valence-corrected chi connectivity index (χ1v) is 10.2. The summed E-state index contributed by atoms with van der Waals surface area (Å²) in [6, 6.07) is 11.2. The van der Waals surface area contributed by atoms with Gasteiger partial charge in [-0.1, -0.05) is 6.07 Å². The van der Waals surface area contributed by atoms with E-state index in [1.54, 1.807) is 61.2 Å². The Morgan fingerprint density at radius 2 is 1.90 bits per heavy atom. The fraction of sp³-hybridized carbons (Fsp3) is 0.130. The van der Waals surface area contributed by atoms with E-state index in [1.807, 2.05) is 6.07 Å². The summed E-state index contributed by atoms with van der Waals surface area (Å²) in [5, 5.41) is 11.1. The van der Waals surface area contributed by atoms with E-state index < -0.39 is 17.7 Å². The number of benzene rings is 1. The fourth-order valence-corrected chi connectivity index (χ4v) is 4.13. The Labute approximate surface area is 187 Å². The van der Waals surface area contributed by atoms with Crippen molar-refractivity contribution >= 4 is 33.4 Å². The van der Waals surface area contributed by atoms with Gasteiger partial charge in [0.05, 0.1) is 23.2 Å². The molecule has 0 spiro atoms. The van der Waals surface area contributed by atoms with Crippen LogP contribution in [0.15, 0.2) is 77.3 Å². The molecular formula is C23H18BrN3O4. The van der Waals surface area contributed by atoms with E-state index in [4.69, 9.17) is 4.74 Å². The minimum atomic E-state index is -0.760. The molecule has 4 rings (SSSR count). The van der Waals surface area contributed by atoms with Crippen LogP contribution in [0.2, 0.25) is 0 Å². The van der Waals surface area contributed by atoms with Crippen LogP contribution < -0.4 is 4.74 Å². The molecule has 0 radical (unpaired) electrons. The summed E-state index contributed by atoms with van der Waals surface area (Å²) < 4.78 is 5.85. The number of carbonyl (C=O) groups excluding carboxylic acids is 2. The van der Waals surface area contributed by atoms with Gasteiger partial charge in [-0.25, -0.2) is 0 Å². The first-order chi connectivity index (χ1) is 15.0. The molecule has 1 aliphatic heterocycles.